The fourth-order valence-corrected chi connectivity index (χ4v) is 1.31. The molecule has 0 saturated heterocycles. The molecular weight excluding hydrogens is 222 g/mol. The van der Waals surface area contributed by atoms with Crippen LogP contribution in [-0.2, 0) is 0 Å². The molecule has 0 fully saturated rings. The Hall–Kier alpha value is -1.07. The summed E-state index contributed by atoms with van der Waals surface area (Å²) in [7, 11) is 0. The highest BCUT2D eigenvalue weighted by molar-refractivity contribution is 9.10. The van der Waals surface area contributed by atoms with E-state index in [9.17, 15) is 0 Å². The van der Waals surface area contributed by atoms with Crippen molar-refractivity contribution in [1.29, 1.82) is 0 Å². The van der Waals surface area contributed by atoms with Crippen molar-refractivity contribution in [1.82, 2.24) is 15.6 Å². The molecular formula is C7H6BrN3O. The highest BCUT2D eigenvalue weighted by atomic mass is 79.9. The lowest BCUT2D eigenvalue weighted by Gasteiger charge is -2.13. The lowest BCUT2D eigenvalue weighted by Crippen LogP contribution is -2.41. The molecule has 0 atom stereocenters. The van der Waals surface area contributed by atoms with Gasteiger partial charge in [0.25, 0.3) is 0 Å². The Kier molecular flexibility index (Phi) is 1.74. The van der Waals surface area contributed by atoms with Crippen molar-refractivity contribution in [2.75, 3.05) is 0 Å². The fourth-order valence-electron chi connectivity index (χ4n) is 0.982. The molecule has 0 saturated carbocycles. The van der Waals surface area contributed by atoms with Crippen LogP contribution in [0.25, 0.3) is 12.4 Å². The van der Waals surface area contributed by atoms with Crippen LogP contribution in [0.15, 0.2) is 16.7 Å². The Labute approximate surface area is 76.9 Å². The number of nitrogens with zero attached hydrogens (tertiary/aromatic N) is 2. The van der Waals surface area contributed by atoms with Crippen LogP contribution in [0, 0.1) is 0 Å². The summed E-state index contributed by atoms with van der Waals surface area (Å²) in [6.45, 7) is 0. The van der Waals surface area contributed by atoms with Crippen molar-refractivity contribution >= 4 is 28.3 Å². The number of rotatable bonds is 0. The van der Waals surface area contributed by atoms with Crippen molar-refractivity contribution < 1.29 is 5.21 Å². The number of halogens is 1. The molecule has 0 unspecified atom stereocenters. The molecule has 0 bridgehead atoms. The predicted octanol–water partition coefficient (Wildman–Crippen LogP) is -0.470. The quantitative estimate of drug-likeness (QED) is 0.589. The van der Waals surface area contributed by atoms with Gasteiger partial charge in [-0.25, -0.2) is 4.98 Å². The summed E-state index contributed by atoms with van der Waals surface area (Å²) in [6, 6.07) is 3.69. The molecule has 0 aromatic carbocycles. The molecule has 0 spiro atoms. The van der Waals surface area contributed by atoms with E-state index in [1.54, 1.807) is 12.4 Å². The van der Waals surface area contributed by atoms with Gasteiger partial charge in [-0.05, 0) is 28.1 Å². The van der Waals surface area contributed by atoms with Gasteiger partial charge in [-0.15, -0.1) is 0 Å². The van der Waals surface area contributed by atoms with Crippen molar-refractivity contribution in [2.45, 2.75) is 0 Å². The zero-order valence-electron chi connectivity index (χ0n) is 6.03. The predicted molar refractivity (Wildman–Crippen MR) is 46.9 cm³/mol. The zero-order valence-corrected chi connectivity index (χ0v) is 7.62. The van der Waals surface area contributed by atoms with Crippen LogP contribution in [0.1, 0.15) is 0 Å². The van der Waals surface area contributed by atoms with Gasteiger partial charge in [-0.1, -0.05) is 0 Å². The summed E-state index contributed by atoms with van der Waals surface area (Å²) < 4.78 is 0.777. The third-order valence-electron chi connectivity index (χ3n) is 1.52. The Bertz CT molecular complexity index is 417. The van der Waals surface area contributed by atoms with Gasteiger partial charge in [0.15, 0.2) is 0 Å². The van der Waals surface area contributed by atoms with Crippen molar-refractivity contribution in [3.63, 3.8) is 0 Å². The van der Waals surface area contributed by atoms with E-state index in [0.717, 1.165) is 20.3 Å². The monoisotopic (exact) mass is 227 g/mol. The van der Waals surface area contributed by atoms with E-state index in [1.165, 1.54) is 0 Å². The Morgan fingerprint density at radius 1 is 1.50 bits per heavy atom. The second-order valence-corrected chi connectivity index (χ2v) is 3.17. The highest BCUT2D eigenvalue weighted by Crippen LogP contribution is 1.97. The van der Waals surface area contributed by atoms with Gasteiger partial charge in [-0.2, -0.15) is 5.17 Å². The van der Waals surface area contributed by atoms with Crippen molar-refractivity contribution in [3.05, 3.63) is 27.3 Å². The van der Waals surface area contributed by atoms with Gasteiger partial charge < -0.3 is 0 Å². The van der Waals surface area contributed by atoms with E-state index in [4.69, 9.17) is 5.21 Å². The van der Waals surface area contributed by atoms with Gasteiger partial charge >= 0.3 is 0 Å². The van der Waals surface area contributed by atoms with E-state index in [0.29, 0.717) is 0 Å². The molecule has 1 aliphatic rings. The molecule has 1 aromatic heterocycles. The second kappa shape index (κ2) is 2.76. The first kappa shape index (κ1) is 7.57. The molecule has 2 rings (SSSR count). The maximum absolute atomic E-state index is 9.02. The molecule has 1 aromatic rings. The topological polar surface area (TPSA) is 48.4 Å². The van der Waals surface area contributed by atoms with E-state index in [1.807, 2.05) is 12.1 Å². The number of hydrogen-bond donors (Lipinski definition) is 2. The molecule has 0 radical (unpaired) electrons. The summed E-state index contributed by atoms with van der Waals surface area (Å²) in [5.74, 6) is 0. The maximum atomic E-state index is 9.02. The number of hydrazine groups is 1. The standard InChI is InChI=1S/C7H6BrN3O/c8-7-2-1-5-4-11(12)9-3-6(5)10-7/h1-4,9,12H. The second-order valence-electron chi connectivity index (χ2n) is 2.36. The molecule has 1 aliphatic heterocycles. The Balaban J connectivity index is 2.71. The number of hydroxylamine groups is 1. The van der Waals surface area contributed by atoms with Crippen LogP contribution < -0.4 is 16.0 Å². The Morgan fingerprint density at radius 2 is 2.33 bits per heavy atom. The molecule has 4 nitrogen and oxygen atoms in total. The van der Waals surface area contributed by atoms with Crippen LogP contribution in [-0.4, -0.2) is 15.4 Å². The van der Waals surface area contributed by atoms with E-state index in [2.05, 4.69) is 26.3 Å². The molecule has 0 aliphatic carbocycles. The normalized spacial score (nSPS) is 14.0. The smallest absolute Gasteiger partial charge is 0.106 e. The van der Waals surface area contributed by atoms with Gasteiger partial charge in [0.2, 0.25) is 0 Å². The third-order valence-corrected chi connectivity index (χ3v) is 1.96. The molecule has 12 heavy (non-hydrogen) atoms. The van der Waals surface area contributed by atoms with Crippen LogP contribution in [0.2, 0.25) is 0 Å². The van der Waals surface area contributed by atoms with Crippen LogP contribution >= 0.6 is 15.9 Å². The fraction of sp³-hybridized carbons (Fsp3) is 0. The minimum absolute atomic E-state index is 0.777. The lowest BCUT2D eigenvalue weighted by molar-refractivity contribution is -0.0502. The number of pyridine rings is 1. The zero-order chi connectivity index (χ0) is 8.55. The number of aromatic nitrogens is 1. The average Bonchev–Trinajstić information content (AvgIpc) is 2.05. The largest absolute Gasteiger partial charge is 0.280 e. The lowest BCUT2D eigenvalue weighted by atomic mass is 10.3. The third kappa shape index (κ3) is 1.28. The summed E-state index contributed by atoms with van der Waals surface area (Å²) >= 11 is 3.26. The number of fused-ring (bicyclic) bond motifs is 1. The SMILES string of the molecule is ON1C=c2ccc(Br)nc2=CN1. The molecule has 2 N–H and O–H groups in total. The minimum atomic E-state index is 0.777. The summed E-state index contributed by atoms with van der Waals surface area (Å²) in [6.07, 6.45) is 3.18. The van der Waals surface area contributed by atoms with Crippen molar-refractivity contribution in [2.24, 2.45) is 0 Å². The van der Waals surface area contributed by atoms with Gasteiger partial charge in [0, 0.05) is 11.4 Å². The van der Waals surface area contributed by atoms with E-state index in [-0.39, 0.29) is 0 Å². The van der Waals surface area contributed by atoms with Gasteiger partial charge in [-0.3, -0.25) is 10.6 Å². The summed E-state index contributed by atoms with van der Waals surface area (Å²) in [5, 5.41) is 11.6. The summed E-state index contributed by atoms with van der Waals surface area (Å²) in [5.41, 5.74) is 2.59. The highest BCUT2D eigenvalue weighted by Gasteiger charge is 1.98. The minimum Gasteiger partial charge on any atom is -0.280 e. The van der Waals surface area contributed by atoms with E-state index >= 15 is 0 Å². The van der Waals surface area contributed by atoms with Gasteiger partial charge in [0.05, 0.1) is 11.5 Å². The number of nitrogens with one attached hydrogen (secondary N) is 1. The molecule has 62 valence electrons. The van der Waals surface area contributed by atoms with Crippen molar-refractivity contribution in [3.8, 4) is 0 Å². The summed E-state index contributed by atoms with van der Waals surface area (Å²) in [4.78, 5) is 4.18. The number of hydrogen-bond acceptors (Lipinski definition) is 4. The molecule has 5 heteroatoms. The molecule has 2 heterocycles. The maximum Gasteiger partial charge on any atom is 0.106 e. The first-order valence-corrected chi connectivity index (χ1v) is 4.14. The Morgan fingerprint density at radius 3 is 3.17 bits per heavy atom. The van der Waals surface area contributed by atoms with Crippen LogP contribution in [0.5, 0.6) is 0 Å². The average molecular weight is 228 g/mol. The molecule has 0 amide bonds. The first-order chi connectivity index (χ1) is 5.75. The van der Waals surface area contributed by atoms with Crippen LogP contribution in [0.4, 0.5) is 0 Å². The first-order valence-electron chi connectivity index (χ1n) is 3.34. The van der Waals surface area contributed by atoms with E-state index < -0.39 is 0 Å². The van der Waals surface area contributed by atoms with Crippen LogP contribution in [0.3, 0.4) is 0 Å². The van der Waals surface area contributed by atoms with Gasteiger partial charge in [0.1, 0.15) is 4.60 Å².